The minimum absolute atomic E-state index is 0.157. The van der Waals surface area contributed by atoms with Crippen LogP contribution in [0.4, 0.5) is 0 Å². The summed E-state index contributed by atoms with van der Waals surface area (Å²) in [7, 11) is -3.83. The highest BCUT2D eigenvalue weighted by molar-refractivity contribution is 7.89. The van der Waals surface area contributed by atoms with Crippen molar-refractivity contribution in [2.24, 2.45) is 0 Å². The Hall–Kier alpha value is -1.98. The summed E-state index contributed by atoms with van der Waals surface area (Å²) in [4.78, 5) is 13.9. The van der Waals surface area contributed by atoms with Crippen LogP contribution in [-0.4, -0.2) is 31.0 Å². The SMILES string of the molecule is Cc1ncc(S(=O)(=O)NCCC(=O)O)cc1C#N. The van der Waals surface area contributed by atoms with Gasteiger partial charge < -0.3 is 5.11 Å². The van der Waals surface area contributed by atoms with Gasteiger partial charge in [-0.15, -0.1) is 0 Å². The van der Waals surface area contributed by atoms with Crippen molar-refractivity contribution in [3.8, 4) is 6.07 Å². The second-order valence-electron chi connectivity index (χ2n) is 3.46. The molecule has 0 aliphatic heterocycles. The molecular formula is C10H11N3O4S. The summed E-state index contributed by atoms with van der Waals surface area (Å²) in [6.45, 7) is 1.38. The Morgan fingerprint density at radius 3 is 2.83 bits per heavy atom. The molecule has 1 heterocycles. The Morgan fingerprint density at radius 1 is 1.61 bits per heavy atom. The van der Waals surface area contributed by atoms with E-state index in [4.69, 9.17) is 10.4 Å². The summed E-state index contributed by atoms with van der Waals surface area (Å²) in [6, 6.07) is 3.03. The number of sulfonamides is 1. The number of hydrogen-bond donors (Lipinski definition) is 2. The van der Waals surface area contributed by atoms with Gasteiger partial charge in [-0.25, -0.2) is 13.1 Å². The zero-order valence-corrected chi connectivity index (χ0v) is 10.4. The quantitative estimate of drug-likeness (QED) is 0.777. The Kier molecular flexibility index (Phi) is 4.36. The molecule has 0 unspecified atom stereocenters. The fourth-order valence-corrected chi connectivity index (χ4v) is 2.15. The topological polar surface area (TPSA) is 120 Å². The van der Waals surface area contributed by atoms with E-state index in [1.165, 1.54) is 6.07 Å². The van der Waals surface area contributed by atoms with Gasteiger partial charge in [0.2, 0.25) is 10.0 Å². The molecule has 0 saturated heterocycles. The average molecular weight is 269 g/mol. The number of aromatic nitrogens is 1. The van der Waals surface area contributed by atoms with Crippen molar-refractivity contribution >= 4 is 16.0 Å². The molecule has 0 radical (unpaired) electrons. The molecule has 18 heavy (non-hydrogen) atoms. The molecule has 0 atom stereocenters. The van der Waals surface area contributed by atoms with E-state index in [-0.39, 0.29) is 23.4 Å². The summed E-state index contributed by atoms with van der Waals surface area (Å²) >= 11 is 0. The summed E-state index contributed by atoms with van der Waals surface area (Å²) in [5, 5.41) is 17.2. The number of nitriles is 1. The smallest absolute Gasteiger partial charge is 0.304 e. The molecular weight excluding hydrogens is 258 g/mol. The van der Waals surface area contributed by atoms with Crippen LogP contribution in [0.3, 0.4) is 0 Å². The van der Waals surface area contributed by atoms with E-state index in [0.29, 0.717) is 5.69 Å². The molecule has 1 aromatic heterocycles. The third-order valence-corrected chi connectivity index (χ3v) is 3.55. The Morgan fingerprint density at radius 2 is 2.28 bits per heavy atom. The lowest BCUT2D eigenvalue weighted by Gasteiger charge is -2.06. The molecule has 0 spiro atoms. The van der Waals surface area contributed by atoms with Gasteiger partial charge >= 0.3 is 5.97 Å². The van der Waals surface area contributed by atoms with E-state index in [1.807, 2.05) is 6.07 Å². The van der Waals surface area contributed by atoms with Crippen LogP contribution in [-0.2, 0) is 14.8 Å². The number of nitrogens with zero attached hydrogens (tertiary/aromatic N) is 2. The van der Waals surface area contributed by atoms with Gasteiger partial charge in [0.15, 0.2) is 0 Å². The van der Waals surface area contributed by atoms with Crippen molar-refractivity contribution in [3.63, 3.8) is 0 Å². The van der Waals surface area contributed by atoms with E-state index >= 15 is 0 Å². The minimum Gasteiger partial charge on any atom is -0.481 e. The number of carboxylic acid groups (broad SMARTS) is 1. The van der Waals surface area contributed by atoms with Crippen molar-refractivity contribution in [3.05, 3.63) is 23.5 Å². The van der Waals surface area contributed by atoms with Crippen molar-refractivity contribution in [1.82, 2.24) is 9.71 Å². The van der Waals surface area contributed by atoms with E-state index in [1.54, 1.807) is 6.92 Å². The van der Waals surface area contributed by atoms with Crippen LogP contribution >= 0.6 is 0 Å². The largest absolute Gasteiger partial charge is 0.481 e. The number of carboxylic acids is 1. The normalized spacial score (nSPS) is 10.9. The standard InChI is InChI=1S/C10H11N3O4S/c1-7-8(5-11)4-9(6-12-7)18(16,17)13-3-2-10(14)15/h4,6,13H,2-3H2,1H3,(H,14,15). The van der Waals surface area contributed by atoms with Crippen LogP contribution < -0.4 is 4.72 Å². The van der Waals surface area contributed by atoms with Crippen molar-refractivity contribution < 1.29 is 18.3 Å². The highest BCUT2D eigenvalue weighted by atomic mass is 32.2. The summed E-state index contributed by atoms with van der Waals surface area (Å²) in [5.74, 6) is -1.10. The van der Waals surface area contributed by atoms with Crippen molar-refractivity contribution in [2.75, 3.05) is 6.54 Å². The van der Waals surface area contributed by atoms with Gasteiger partial charge in [-0.1, -0.05) is 0 Å². The molecule has 0 aliphatic rings. The third-order valence-electron chi connectivity index (χ3n) is 2.12. The number of carbonyl (C=O) groups is 1. The van der Waals surface area contributed by atoms with E-state index in [2.05, 4.69) is 9.71 Å². The average Bonchev–Trinajstić information content (AvgIpc) is 2.28. The molecule has 2 N–H and O–H groups in total. The molecule has 0 bridgehead atoms. The molecule has 96 valence electrons. The summed E-state index contributed by atoms with van der Waals surface area (Å²) in [5.41, 5.74) is 0.595. The van der Waals surface area contributed by atoms with Gasteiger partial charge in [0, 0.05) is 12.7 Å². The second kappa shape index (κ2) is 5.57. The molecule has 0 aromatic carbocycles. The first-order valence-electron chi connectivity index (χ1n) is 4.95. The molecule has 1 aromatic rings. The van der Waals surface area contributed by atoms with E-state index in [9.17, 15) is 13.2 Å². The maximum absolute atomic E-state index is 11.7. The number of hydrogen-bond acceptors (Lipinski definition) is 5. The lowest BCUT2D eigenvalue weighted by atomic mass is 10.2. The molecule has 8 heteroatoms. The third kappa shape index (κ3) is 3.51. The Labute approximate surface area is 104 Å². The van der Waals surface area contributed by atoms with Crippen molar-refractivity contribution in [2.45, 2.75) is 18.2 Å². The molecule has 0 saturated carbocycles. The highest BCUT2D eigenvalue weighted by Crippen LogP contribution is 2.11. The minimum atomic E-state index is -3.83. The Balaban J connectivity index is 2.92. The number of pyridine rings is 1. The van der Waals surface area contributed by atoms with Gasteiger partial charge in [-0.3, -0.25) is 9.78 Å². The van der Waals surface area contributed by atoms with E-state index in [0.717, 1.165) is 6.20 Å². The molecule has 0 fully saturated rings. The summed E-state index contributed by atoms with van der Waals surface area (Å²) < 4.78 is 25.6. The van der Waals surface area contributed by atoms with Crippen LogP contribution in [0.1, 0.15) is 17.7 Å². The zero-order valence-electron chi connectivity index (χ0n) is 9.54. The maximum atomic E-state index is 11.7. The number of rotatable bonds is 5. The molecule has 1 rings (SSSR count). The second-order valence-corrected chi connectivity index (χ2v) is 5.22. The van der Waals surface area contributed by atoms with Crippen LogP contribution in [0.15, 0.2) is 17.2 Å². The van der Waals surface area contributed by atoms with Gasteiger partial charge in [-0.2, -0.15) is 5.26 Å². The highest BCUT2D eigenvalue weighted by Gasteiger charge is 2.16. The fourth-order valence-electron chi connectivity index (χ4n) is 1.15. The van der Waals surface area contributed by atoms with Crippen LogP contribution in [0, 0.1) is 18.3 Å². The Bertz CT molecular complexity index is 604. The predicted octanol–water partition coefficient (Wildman–Crippen LogP) is 0.0147. The monoisotopic (exact) mass is 269 g/mol. The van der Waals surface area contributed by atoms with Crippen LogP contribution in [0.5, 0.6) is 0 Å². The van der Waals surface area contributed by atoms with E-state index < -0.39 is 16.0 Å². The van der Waals surface area contributed by atoms with Crippen LogP contribution in [0.25, 0.3) is 0 Å². The van der Waals surface area contributed by atoms with Gasteiger partial charge in [0.05, 0.1) is 17.7 Å². The van der Waals surface area contributed by atoms with Gasteiger partial charge in [0.1, 0.15) is 11.0 Å². The van der Waals surface area contributed by atoms with Gasteiger partial charge in [0.25, 0.3) is 0 Å². The van der Waals surface area contributed by atoms with Crippen LogP contribution in [0.2, 0.25) is 0 Å². The number of aliphatic carboxylic acids is 1. The lowest BCUT2D eigenvalue weighted by Crippen LogP contribution is -2.26. The predicted molar refractivity (Wildman–Crippen MR) is 61.1 cm³/mol. The number of aryl methyl sites for hydroxylation is 1. The summed E-state index contributed by atoms with van der Waals surface area (Å²) in [6.07, 6.45) is 0.808. The van der Waals surface area contributed by atoms with Gasteiger partial charge in [-0.05, 0) is 13.0 Å². The van der Waals surface area contributed by atoms with Crippen molar-refractivity contribution in [1.29, 1.82) is 5.26 Å². The lowest BCUT2D eigenvalue weighted by molar-refractivity contribution is -0.136. The zero-order chi connectivity index (χ0) is 13.8. The first kappa shape index (κ1) is 14.1. The first-order chi connectivity index (χ1) is 8.36. The first-order valence-corrected chi connectivity index (χ1v) is 6.43. The molecule has 0 amide bonds. The maximum Gasteiger partial charge on any atom is 0.304 e. The molecule has 7 nitrogen and oxygen atoms in total. The molecule has 0 aliphatic carbocycles. The fraction of sp³-hybridized carbons (Fsp3) is 0.300. The number of nitrogens with one attached hydrogen (secondary N) is 1.